The summed E-state index contributed by atoms with van der Waals surface area (Å²) in [5, 5.41) is 0.436. The molecule has 0 bridgehead atoms. The monoisotopic (exact) mass is 411 g/mol. The van der Waals surface area contributed by atoms with Gasteiger partial charge in [-0.1, -0.05) is 48.5 Å². The molecule has 0 saturated carbocycles. The second kappa shape index (κ2) is 8.67. The molecule has 154 valence electrons. The Labute approximate surface area is 179 Å². The number of rotatable bonds is 6. The molecule has 1 heterocycles. The van der Waals surface area contributed by atoms with Gasteiger partial charge in [0.15, 0.2) is 0 Å². The van der Waals surface area contributed by atoms with E-state index in [1.807, 2.05) is 66.7 Å². The number of carbonyl (C=O) groups is 1. The molecular weight excluding hydrogens is 390 g/mol. The van der Waals surface area contributed by atoms with Crippen molar-refractivity contribution in [3.63, 3.8) is 0 Å². The molecule has 0 aliphatic carbocycles. The lowest BCUT2D eigenvalue weighted by molar-refractivity contribution is -0.120. The molecule has 0 aliphatic heterocycles. The van der Waals surface area contributed by atoms with E-state index in [0.29, 0.717) is 22.5 Å². The second-order valence-corrected chi connectivity index (χ2v) is 7.06. The number of fused-ring (bicyclic) bond motifs is 1. The average molecular weight is 411 g/mol. The van der Waals surface area contributed by atoms with Crippen molar-refractivity contribution in [2.75, 3.05) is 0 Å². The summed E-state index contributed by atoms with van der Waals surface area (Å²) in [6.45, 7) is 1.59. The summed E-state index contributed by atoms with van der Waals surface area (Å²) in [4.78, 5) is 29.4. The van der Waals surface area contributed by atoms with Crippen molar-refractivity contribution >= 4 is 29.0 Å². The van der Waals surface area contributed by atoms with Crippen LogP contribution in [0, 0.1) is 0 Å². The maximum Gasteiger partial charge on any atom is 0.262 e. The fraction of sp³-hybridized carbons (Fsp3) is 0.0800. The van der Waals surface area contributed by atoms with Gasteiger partial charge in [-0.25, -0.2) is 4.98 Å². The van der Waals surface area contributed by atoms with Crippen molar-refractivity contribution in [3.05, 3.63) is 101 Å². The maximum atomic E-state index is 13.0. The zero-order valence-electron chi connectivity index (χ0n) is 16.9. The highest BCUT2D eigenvalue weighted by Crippen LogP contribution is 2.23. The van der Waals surface area contributed by atoms with E-state index in [-0.39, 0.29) is 5.56 Å². The van der Waals surface area contributed by atoms with E-state index >= 15 is 0 Å². The van der Waals surface area contributed by atoms with Crippen molar-refractivity contribution in [3.8, 4) is 11.5 Å². The molecule has 4 aromatic rings. The van der Waals surface area contributed by atoms with Crippen LogP contribution in [0.15, 0.2) is 83.7 Å². The molecule has 0 saturated heterocycles. The Balaban J connectivity index is 1.73. The van der Waals surface area contributed by atoms with Crippen LogP contribution in [0.2, 0.25) is 0 Å². The van der Waals surface area contributed by atoms with Crippen LogP contribution in [0.4, 0.5) is 0 Å². The minimum absolute atomic E-state index is 0.308. The number of primary amides is 1. The Kier molecular flexibility index (Phi) is 5.62. The largest absolute Gasteiger partial charge is 0.457 e. The minimum Gasteiger partial charge on any atom is -0.457 e. The number of carbonyl (C=O) groups excluding carboxylic acids is 1. The zero-order valence-corrected chi connectivity index (χ0v) is 16.9. The van der Waals surface area contributed by atoms with E-state index in [4.69, 9.17) is 10.5 Å². The van der Waals surface area contributed by atoms with Crippen molar-refractivity contribution in [2.45, 2.75) is 13.0 Å². The van der Waals surface area contributed by atoms with Gasteiger partial charge >= 0.3 is 0 Å². The van der Waals surface area contributed by atoms with Crippen LogP contribution in [0.5, 0.6) is 11.5 Å². The van der Waals surface area contributed by atoms with E-state index in [0.717, 1.165) is 11.3 Å². The van der Waals surface area contributed by atoms with Crippen LogP contribution in [0.25, 0.3) is 23.1 Å². The minimum atomic E-state index is -0.836. The summed E-state index contributed by atoms with van der Waals surface area (Å²) in [6.07, 6.45) is 3.52. The van der Waals surface area contributed by atoms with Crippen LogP contribution in [0.1, 0.15) is 24.4 Å². The first-order chi connectivity index (χ1) is 15.0. The molecule has 6 nitrogen and oxygen atoms in total. The third-order valence-corrected chi connectivity index (χ3v) is 4.90. The van der Waals surface area contributed by atoms with Crippen LogP contribution < -0.4 is 16.0 Å². The van der Waals surface area contributed by atoms with Gasteiger partial charge in [-0.15, -0.1) is 0 Å². The quantitative estimate of drug-likeness (QED) is 0.509. The Hall–Kier alpha value is -4.19. The molecule has 1 aromatic heterocycles. The fourth-order valence-corrected chi connectivity index (χ4v) is 3.26. The third kappa shape index (κ3) is 4.38. The summed E-state index contributed by atoms with van der Waals surface area (Å²) >= 11 is 0. The van der Waals surface area contributed by atoms with Gasteiger partial charge in [-0.3, -0.25) is 14.2 Å². The predicted molar refractivity (Wildman–Crippen MR) is 122 cm³/mol. The molecule has 31 heavy (non-hydrogen) atoms. The highest BCUT2D eigenvalue weighted by atomic mass is 16.5. The van der Waals surface area contributed by atoms with Crippen LogP contribution in [-0.2, 0) is 4.79 Å². The first-order valence-electron chi connectivity index (χ1n) is 9.84. The van der Waals surface area contributed by atoms with Gasteiger partial charge in [0.1, 0.15) is 23.4 Å². The predicted octanol–water partition coefficient (Wildman–Crippen LogP) is 4.41. The fourth-order valence-electron chi connectivity index (χ4n) is 3.26. The third-order valence-electron chi connectivity index (χ3n) is 4.90. The molecule has 1 unspecified atom stereocenters. The van der Waals surface area contributed by atoms with Crippen molar-refractivity contribution in [2.24, 2.45) is 5.73 Å². The SMILES string of the molecule is CC(C(N)=O)n1c(/C=C/c2cccc(Oc3ccccc3)c2)nc2ccccc2c1=O. The van der Waals surface area contributed by atoms with Crippen LogP contribution in [0.3, 0.4) is 0 Å². The van der Waals surface area contributed by atoms with Gasteiger partial charge in [-0.05, 0) is 55.0 Å². The number of hydrogen-bond acceptors (Lipinski definition) is 4. The Morgan fingerprint density at radius 3 is 2.45 bits per heavy atom. The lowest BCUT2D eigenvalue weighted by Crippen LogP contribution is -2.34. The number of nitrogens with zero attached hydrogens (tertiary/aromatic N) is 2. The average Bonchev–Trinajstić information content (AvgIpc) is 2.78. The van der Waals surface area contributed by atoms with Crippen molar-refractivity contribution in [1.82, 2.24) is 9.55 Å². The summed E-state index contributed by atoms with van der Waals surface area (Å²) in [5.41, 5.74) is 6.59. The van der Waals surface area contributed by atoms with Crippen LogP contribution >= 0.6 is 0 Å². The van der Waals surface area contributed by atoms with E-state index in [1.165, 1.54) is 4.57 Å². The summed E-state index contributed by atoms with van der Waals surface area (Å²) in [7, 11) is 0. The Morgan fingerprint density at radius 1 is 0.968 bits per heavy atom. The summed E-state index contributed by atoms with van der Waals surface area (Å²) in [6, 6.07) is 23.2. The molecule has 0 spiro atoms. The molecule has 1 atom stereocenters. The van der Waals surface area contributed by atoms with Gasteiger partial charge in [0.05, 0.1) is 10.9 Å². The van der Waals surface area contributed by atoms with E-state index in [1.54, 1.807) is 31.2 Å². The molecular formula is C25H21N3O3. The molecule has 2 N–H and O–H groups in total. The topological polar surface area (TPSA) is 87.2 Å². The van der Waals surface area contributed by atoms with Gasteiger partial charge in [0.2, 0.25) is 5.91 Å². The zero-order chi connectivity index (χ0) is 21.8. The lowest BCUT2D eigenvalue weighted by Gasteiger charge is -2.15. The molecule has 0 aliphatic rings. The standard InChI is InChI=1S/C25H21N3O3/c1-17(24(26)29)28-23(27-22-13-6-5-12-21(22)25(28)30)15-14-18-8-7-11-20(16-18)31-19-9-3-2-4-10-19/h2-17H,1H3,(H2,26,29)/b15-14+. The number of nitrogens with two attached hydrogens (primary N) is 1. The van der Waals surface area contributed by atoms with Crippen LogP contribution in [-0.4, -0.2) is 15.5 Å². The maximum absolute atomic E-state index is 13.0. The normalized spacial score (nSPS) is 12.2. The molecule has 6 heteroatoms. The van der Waals surface area contributed by atoms with Gasteiger partial charge in [-0.2, -0.15) is 0 Å². The molecule has 3 aromatic carbocycles. The Bertz CT molecular complexity index is 1330. The molecule has 4 rings (SSSR count). The highest BCUT2D eigenvalue weighted by molar-refractivity contribution is 5.82. The summed E-state index contributed by atoms with van der Waals surface area (Å²) in [5.74, 6) is 1.17. The van der Waals surface area contributed by atoms with E-state index in [2.05, 4.69) is 4.98 Å². The number of hydrogen-bond donors (Lipinski definition) is 1. The lowest BCUT2D eigenvalue weighted by atomic mass is 10.2. The van der Waals surface area contributed by atoms with E-state index in [9.17, 15) is 9.59 Å². The number of aromatic nitrogens is 2. The molecule has 0 fully saturated rings. The number of amides is 1. The molecule has 1 amide bonds. The first kappa shape index (κ1) is 20.1. The van der Waals surface area contributed by atoms with E-state index < -0.39 is 11.9 Å². The second-order valence-electron chi connectivity index (χ2n) is 7.06. The van der Waals surface area contributed by atoms with Gasteiger partial charge < -0.3 is 10.5 Å². The van der Waals surface area contributed by atoms with Crippen molar-refractivity contribution < 1.29 is 9.53 Å². The molecule has 0 radical (unpaired) electrons. The first-order valence-corrected chi connectivity index (χ1v) is 9.84. The number of ether oxygens (including phenoxy) is 1. The number of benzene rings is 3. The van der Waals surface area contributed by atoms with Gasteiger partial charge in [0, 0.05) is 0 Å². The smallest absolute Gasteiger partial charge is 0.262 e. The Morgan fingerprint density at radius 2 is 1.68 bits per heavy atom. The van der Waals surface area contributed by atoms with Gasteiger partial charge in [0.25, 0.3) is 5.56 Å². The summed E-state index contributed by atoms with van der Waals surface area (Å²) < 4.78 is 7.20. The highest BCUT2D eigenvalue weighted by Gasteiger charge is 2.18. The van der Waals surface area contributed by atoms with Crippen molar-refractivity contribution in [1.29, 1.82) is 0 Å². The number of para-hydroxylation sites is 2.